The Morgan fingerprint density at radius 3 is 1.88 bits per heavy atom. The minimum absolute atomic E-state index is 0.0935. The maximum Gasteiger partial charge on any atom is 0.251 e. The molecule has 1 unspecified atom stereocenters. The van der Waals surface area contributed by atoms with Gasteiger partial charge in [0.1, 0.15) is 6.04 Å². The molecular formula is C27H27Cl2N3O2. The number of benzene rings is 3. The molecule has 0 aliphatic carbocycles. The second kappa shape index (κ2) is 11.0. The Kier molecular flexibility index (Phi) is 7.88. The van der Waals surface area contributed by atoms with Gasteiger partial charge in [-0.25, -0.2) is 0 Å². The quantitative estimate of drug-likeness (QED) is 0.520. The van der Waals surface area contributed by atoms with Crippen LogP contribution < -0.4 is 5.32 Å². The molecule has 0 saturated carbocycles. The maximum atomic E-state index is 13.0. The Labute approximate surface area is 210 Å². The van der Waals surface area contributed by atoms with Crippen molar-refractivity contribution in [3.8, 4) is 0 Å². The van der Waals surface area contributed by atoms with Crippen LogP contribution in [-0.4, -0.2) is 53.8 Å². The summed E-state index contributed by atoms with van der Waals surface area (Å²) in [5, 5.41) is 3.46. The highest BCUT2D eigenvalue weighted by molar-refractivity contribution is 6.42. The predicted octanol–water partition coefficient (Wildman–Crippen LogP) is 5.05. The van der Waals surface area contributed by atoms with Crippen LogP contribution >= 0.6 is 23.2 Å². The van der Waals surface area contributed by atoms with E-state index in [-0.39, 0.29) is 17.9 Å². The van der Waals surface area contributed by atoms with Gasteiger partial charge in [0.05, 0.1) is 16.1 Å². The molecule has 1 aliphatic rings. The lowest BCUT2D eigenvalue weighted by atomic mass is 9.96. The van der Waals surface area contributed by atoms with Crippen LogP contribution in [0.1, 0.15) is 34.5 Å². The molecule has 0 radical (unpaired) electrons. The van der Waals surface area contributed by atoms with Crippen LogP contribution in [0, 0.1) is 0 Å². The number of carbonyl (C=O) groups is 2. The molecule has 7 heteroatoms. The van der Waals surface area contributed by atoms with Crippen molar-refractivity contribution in [1.82, 2.24) is 15.1 Å². The first-order chi connectivity index (χ1) is 16.4. The monoisotopic (exact) mass is 495 g/mol. The molecule has 1 atom stereocenters. The van der Waals surface area contributed by atoms with E-state index in [9.17, 15) is 9.59 Å². The van der Waals surface area contributed by atoms with Crippen molar-refractivity contribution in [2.24, 2.45) is 0 Å². The van der Waals surface area contributed by atoms with Crippen LogP contribution in [0.15, 0.2) is 78.9 Å². The molecule has 1 aliphatic heterocycles. The summed E-state index contributed by atoms with van der Waals surface area (Å²) in [6.45, 7) is 4.39. The second-order valence-electron chi connectivity index (χ2n) is 8.41. The smallest absolute Gasteiger partial charge is 0.251 e. The van der Waals surface area contributed by atoms with Gasteiger partial charge in [-0.2, -0.15) is 0 Å². The van der Waals surface area contributed by atoms with E-state index in [2.05, 4.69) is 58.7 Å². The molecule has 4 rings (SSSR count). The number of hydrogen-bond donors (Lipinski definition) is 1. The van der Waals surface area contributed by atoms with Crippen molar-refractivity contribution in [2.45, 2.75) is 19.0 Å². The summed E-state index contributed by atoms with van der Waals surface area (Å²) in [5.41, 5.74) is 2.83. The first-order valence-electron chi connectivity index (χ1n) is 11.3. The van der Waals surface area contributed by atoms with Gasteiger partial charge in [-0.05, 0) is 36.2 Å². The number of amides is 2. The fraction of sp³-hybridized carbons (Fsp3) is 0.259. The molecule has 1 saturated heterocycles. The van der Waals surface area contributed by atoms with Crippen LogP contribution in [-0.2, 0) is 4.79 Å². The topological polar surface area (TPSA) is 52.7 Å². The predicted molar refractivity (Wildman–Crippen MR) is 136 cm³/mol. The summed E-state index contributed by atoms with van der Waals surface area (Å²) in [7, 11) is 0. The summed E-state index contributed by atoms with van der Waals surface area (Å²) in [6, 6.07) is 25.0. The van der Waals surface area contributed by atoms with Crippen molar-refractivity contribution in [3.05, 3.63) is 106 Å². The number of nitrogens with one attached hydrogen (secondary N) is 1. The summed E-state index contributed by atoms with van der Waals surface area (Å²) in [5.74, 6) is -0.449. The summed E-state index contributed by atoms with van der Waals surface area (Å²) in [4.78, 5) is 29.8. The number of nitrogens with zero attached hydrogens (tertiary/aromatic N) is 2. The van der Waals surface area contributed by atoms with Gasteiger partial charge >= 0.3 is 0 Å². The van der Waals surface area contributed by atoms with E-state index in [1.165, 1.54) is 17.2 Å². The fourth-order valence-electron chi connectivity index (χ4n) is 4.34. The molecule has 1 fully saturated rings. The molecule has 1 heterocycles. The van der Waals surface area contributed by atoms with Gasteiger partial charge < -0.3 is 10.2 Å². The molecule has 2 amide bonds. The molecule has 0 spiro atoms. The van der Waals surface area contributed by atoms with E-state index in [1.54, 1.807) is 19.1 Å². The van der Waals surface area contributed by atoms with E-state index in [1.807, 2.05) is 17.0 Å². The van der Waals surface area contributed by atoms with Crippen LogP contribution in [0.5, 0.6) is 0 Å². The third kappa shape index (κ3) is 5.61. The minimum Gasteiger partial charge on any atom is -0.341 e. The highest BCUT2D eigenvalue weighted by atomic mass is 35.5. The number of piperazine rings is 1. The maximum absolute atomic E-state index is 13.0. The zero-order valence-corrected chi connectivity index (χ0v) is 20.5. The lowest BCUT2D eigenvalue weighted by Crippen LogP contribution is -2.54. The van der Waals surface area contributed by atoms with E-state index in [0.29, 0.717) is 28.7 Å². The van der Waals surface area contributed by atoms with Crippen molar-refractivity contribution in [2.75, 3.05) is 26.2 Å². The molecule has 0 aromatic heterocycles. The zero-order chi connectivity index (χ0) is 24.1. The SMILES string of the molecule is CC(NC(=O)c1ccc(Cl)c(Cl)c1)C(=O)N1CCN(C(c2ccccc2)c2ccccc2)CC1. The largest absolute Gasteiger partial charge is 0.341 e. The molecule has 3 aromatic rings. The van der Waals surface area contributed by atoms with Crippen molar-refractivity contribution < 1.29 is 9.59 Å². The summed E-state index contributed by atoms with van der Waals surface area (Å²) >= 11 is 11.9. The Morgan fingerprint density at radius 1 is 0.794 bits per heavy atom. The van der Waals surface area contributed by atoms with Gasteiger partial charge in [-0.15, -0.1) is 0 Å². The average Bonchev–Trinajstić information content (AvgIpc) is 2.87. The Hall–Kier alpha value is -2.86. The zero-order valence-electron chi connectivity index (χ0n) is 19.0. The van der Waals surface area contributed by atoms with Gasteiger partial charge in [-0.3, -0.25) is 14.5 Å². The minimum atomic E-state index is -0.646. The second-order valence-corrected chi connectivity index (χ2v) is 9.22. The number of rotatable bonds is 6. The standard InChI is InChI=1S/C27H27Cl2N3O2/c1-19(30-26(33)22-12-13-23(28)24(29)18-22)27(34)32-16-14-31(15-17-32)25(20-8-4-2-5-9-20)21-10-6-3-7-11-21/h2-13,18-19,25H,14-17H2,1H3,(H,30,33). The molecule has 5 nitrogen and oxygen atoms in total. The van der Waals surface area contributed by atoms with Gasteiger partial charge in [0, 0.05) is 31.7 Å². The Morgan fingerprint density at radius 2 is 1.35 bits per heavy atom. The van der Waals surface area contributed by atoms with Gasteiger partial charge in [0.15, 0.2) is 0 Å². The van der Waals surface area contributed by atoms with Crippen molar-refractivity contribution in [1.29, 1.82) is 0 Å². The Bertz CT molecular complexity index is 1090. The lowest BCUT2D eigenvalue weighted by Gasteiger charge is -2.40. The van der Waals surface area contributed by atoms with Crippen LogP contribution in [0.4, 0.5) is 0 Å². The van der Waals surface area contributed by atoms with Crippen molar-refractivity contribution in [3.63, 3.8) is 0 Å². The molecule has 1 N–H and O–H groups in total. The summed E-state index contributed by atoms with van der Waals surface area (Å²) < 4.78 is 0. The van der Waals surface area contributed by atoms with E-state index >= 15 is 0 Å². The van der Waals surface area contributed by atoms with Gasteiger partial charge in [-0.1, -0.05) is 83.9 Å². The van der Waals surface area contributed by atoms with E-state index < -0.39 is 6.04 Å². The normalized spacial score (nSPS) is 15.2. The van der Waals surface area contributed by atoms with Crippen LogP contribution in [0.2, 0.25) is 10.0 Å². The van der Waals surface area contributed by atoms with Gasteiger partial charge in [0.2, 0.25) is 5.91 Å². The average molecular weight is 496 g/mol. The molecule has 176 valence electrons. The first-order valence-corrected chi connectivity index (χ1v) is 12.1. The molecule has 0 bridgehead atoms. The lowest BCUT2D eigenvalue weighted by molar-refractivity contribution is -0.134. The third-order valence-corrected chi connectivity index (χ3v) is 6.86. The van der Waals surface area contributed by atoms with Crippen molar-refractivity contribution >= 4 is 35.0 Å². The highest BCUT2D eigenvalue weighted by Gasteiger charge is 2.30. The molecule has 3 aromatic carbocycles. The van der Waals surface area contributed by atoms with Crippen LogP contribution in [0.3, 0.4) is 0 Å². The first kappa shape index (κ1) is 24.3. The van der Waals surface area contributed by atoms with Crippen LogP contribution in [0.25, 0.3) is 0 Å². The van der Waals surface area contributed by atoms with Gasteiger partial charge in [0.25, 0.3) is 5.91 Å². The van der Waals surface area contributed by atoms with E-state index in [4.69, 9.17) is 23.2 Å². The highest BCUT2D eigenvalue weighted by Crippen LogP contribution is 2.29. The van der Waals surface area contributed by atoms with E-state index in [0.717, 1.165) is 13.1 Å². The molecular weight excluding hydrogens is 469 g/mol. The number of carbonyl (C=O) groups excluding carboxylic acids is 2. The molecule has 34 heavy (non-hydrogen) atoms. The Balaban J connectivity index is 1.39. The number of halogens is 2. The fourth-order valence-corrected chi connectivity index (χ4v) is 4.64. The summed E-state index contributed by atoms with van der Waals surface area (Å²) in [6.07, 6.45) is 0. The third-order valence-electron chi connectivity index (χ3n) is 6.12. The number of hydrogen-bond acceptors (Lipinski definition) is 3.